The van der Waals surface area contributed by atoms with Gasteiger partial charge < -0.3 is 5.32 Å². The van der Waals surface area contributed by atoms with Crippen LogP contribution in [0.3, 0.4) is 0 Å². The lowest BCUT2D eigenvalue weighted by Crippen LogP contribution is -2.49. The molecular weight excluding hydrogens is 350 g/mol. The van der Waals surface area contributed by atoms with Crippen LogP contribution in [0.4, 0.5) is 4.79 Å². The van der Waals surface area contributed by atoms with Crippen molar-refractivity contribution in [1.29, 1.82) is 0 Å². The fraction of sp³-hybridized carbons (Fsp3) is 0.391. The van der Waals surface area contributed by atoms with E-state index in [0.29, 0.717) is 5.56 Å². The van der Waals surface area contributed by atoms with E-state index >= 15 is 0 Å². The predicted molar refractivity (Wildman–Crippen MR) is 109 cm³/mol. The molecule has 146 valence electrons. The zero-order chi connectivity index (χ0) is 19.3. The van der Waals surface area contributed by atoms with Crippen molar-refractivity contribution in [3.8, 4) is 0 Å². The van der Waals surface area contributed by atoms with Gasteiger partial charge in [-0.25, -0.2) is 4.79 Å². The number of carbonyl (C=O) groups is 2. The van der Waals surface area contributed by atoms with Crippen molar-refractivity contribution in [3.05, 3.63) is 70.8 Å². The molecule has 3 amide bonds. The molecule has 28 heavy (non-hydrogen) atoms. The monoisotopic (exact) mass is 377 g/mol. The molecule has 5 heteroatoms. The summed E-state index contributed by atoms with van der Waals surface area (Å²) in [6, 6.07) is 15.4. The standard InChI is InChI=1S/C23H27N3O2/c27-22(19-5-2-1-3-6-19)25-23(28)24-21-11-13-26(14-12-21)16-17-9-10-18-7-4-8-20(18)15-17/h1-3,5-6,9-10,15,21H,4,7-8,11-14,16H2,(H2,24,25,27,28). The van der Waals surface area contributed by atoms with Crippen LogP contribution in [-0.4, -0.2) is 36.0 Å². The fourth-order valence-corrected chi connectivity index (χ4v) is 4.20. The molecule has 1 saturated heterocycles. The van der Waals surface area contributed by atoms with Crippen LogP contribution in [-0.2, 0) is 19.4 Å². The summed E-state index contributed by atoms with van der Waals surface area (Å²) in [5.74, 6) is -0.368. The molecule has 2 aliphatic rings. The predicted octanol–water partition coefficient (Wildman–Crippen LogP) is 3.28. The molecule has 0 saturated carbocycles. The molecule has 0 aromatic heterocycles. The molecule has 2 aromatic rings. The van der Waals surface area contributed by atoms with E-state index in [1.54, 1.807) is 24.3 Å². The van der Waals surface area contributed by atoms with Gasteiger partial charge in [-0.1, -0.05) is 36.4 Å². The minimum absolute atomic E-state index is 0.111. The van der Waals surface area contributed by atoms with Crippen molar-refractivity contribution in [3.63, 3.8) is 0 Å². The third kappa shape index (κ3) is 4.60. The zero-order valence-electron chi connectivity index (χ0n) is 16.1. The maximum Gasteiger partial charge on any atom is 0.321 e. The van der Waals surface area contributed by atoms with Crippen LogP contribution in [0.5, 0.6) is 0 Å². The number of piperidine rings is 1. The fourth-order valence-electron chi connectivity index (χ4n) is 4.20. The second kappa shape index (κ2) is 8.57. The average molecular weight is 377 g/mol. The summed E-state index contributed by atoms with van der Waals surface area (Å²) in [7, 11) is 0. The summed E-state index contributed by atoms with van der Waals surface area (Å²) < 4.78 is 0. The Kier molecular flexibility index (Phi) is 5.72. The third-order valence-electron chi connectivity index (χ3n) is 5.75. The van der Waals surface area contributed by atoms with E-state index in [1.807, 2.05) is 6.07 Å². The lowest BCUT2D eigenvalue weighted by atomic mass is 10.0. The molecule has 5 nitrogen and oxygen atoms in total. The highest BCUT2D eigenvalue weighted by atomic mass is 16.2. The number of imide groups is 1. The number of nitrogens with zero attached hydrogens (tertiary/aromatic N) is 1. The van der Waals surface area contributed by atoms with E-state index in [-0.39, 0.29) is 11.9 Å². The Morgan fingerprint density at radius 3 is 2.50 bits per heavy atom. The molecule has 0 spiro atoms. The van der Waals surface area contributed by atoms with Gasteiger partial charge in [0.05, 0.1) is 0 Å². The van der Waals surface area contributed by atoms with Crippen molar-refractivity contribution < 1.29 is 9.59 Å². The lowest BCUT2D eigenvalue weighted by molar-refractivity contribution is 0.0961. The van der Waals surface area contributed by atoms with Gasteiger partial charge in [0.2, 0.25) is 0 Å². The van der Waals surface area contributed by atoms with E-state index in [9.17, 15) is 9.59 Å². The molecule has 2 aromatic carbocycles. The van der Waals surface area contributed by atoms with Crippen LogP contribution in [0, 0.1) is 0 Å². The number of benzene rings is 2. The van der Waals surface area contributed by atoms with Crippen LogP contribution in [0.1, 0.15) is 46.3 Å². The summed E-state index contributed by atoms with van der Waals surface area (Å²) in [5, 5.41) is 5.36. The Bertz CT molecular complexity index is 842. The molecular formula is C23H27N3O2. The SMILES string of the molecule is O=C(NC(=O)c1ccccc1)NC1CCN(Cc2ccc3c(c2)CCC3)CC1. The van der Waals surface area contributed by atoms with E-state index in [4.69, 9.17) is 0 Å². The van der Waals surface area contributed by atoms with E-state index in [0.717, 1.165) is 32.5 Å². The maximum atomic E-state index is 12.1. The molecule has 2 N–H and O–H groups in total. The third-order valence-corrected chi connectivity index (χ3v) is 5.75. The maximum absolute atomic E-state index is 12.1. The summed E-state index contributed by atoms with van der Waals surface area (Å²) >= 11 is 0. The van der Waals surface area contributed by atoms with Crippen molar-refractivity contribution in [2.75, 3.05) is 13.1 Å². The van der Waals surface area contributed by atoms with Crippen LogP contribution in [0.25, 0.3) is 0 Å². The number of nitrogens with one attached hydrogen (secondary N) is 2. The summed E-state index contributed by atoms with van der Waals surface area (Å²) in [5.41, 5.74) is 4.91. The highest BCUT2D eigenvalue weighted by molar-refractivity contribution is 6.04. The first-order valence-electron chi connectivity index (χ1n) is 10.2. The van der Waals surface area contributed by atoms with E-state index in [1.165, 1.54) is 36.0 Å². The second-order valence-corrected chi connectivity index (χ2v) is 7.80. The number of amides is 3. The van der Waals surface area contributed by atoms with E-state index in [2.05, 4.69) is 33.7 Å². The number of hydrogen-bond donors (Lipinski definition) is 2. The Labute approximate surface area is 166 Å². The lowest BCUT2D eigenvalue weighted by Gasteiger charge is -2.32. The van der Waals surface area contributed by atoms with Gasteiger partial charge in [0.25, 0.3) is 5.91 Å². The Morgan fingerprint density at radius 2 is 1.71 bits per heavy atom. The van der Waals surface area contributed by atoms with Gasteiger partial charge in [-0.15, -0.1) is 0 Å². The molecule has 0 atom stereocenters. The number of likely N-dealkylation sites (tertiary alicyclic amines) is 1. The topological polar surface area (TPSA) is 61.4 Å². The minimum Gasteiger partial charge on any atom is -0.335 e. The molecule has 0 unspecified atom stereocenters. The van der Waals surface area contributed by atoms with Gasteiger partial charge in [-0.3, -0.25) is 15.0 Å². The largest absolute Gasteiger partial charge is 0.335 e. The number of rotatable bonds is 4. The molecule has 0 radical (unpaired) electrons. The van der Waals surface area contributed by atoms with Crippen LogP contribution in [0.15, 0.2) is 48.5 Å². The van der Waals surface area contributed by atoms with E-state index < -0.39 is 6.03 Å². The van der Waals surface area contributed by atoms with Gasteiger partial charge in [0.15, 0.2) is 0 Å². The Hall–Kier alpha value is -2.66. The van der Waals surface area contributed by atoms with Gasteiger partial charge in [0, 0.05) is 31.2 Å². The molecule has 1 aliphatic carbocycles. The highest BCUT2D eigenvalue weighted by Crippen LogP contribution is 2.24. The van der Waals surface area contributed by atoms with Crippen LogP contribution in [0.2, 0.25) is 0 Å². The van der Waals surface area contributed by atoms with Crippen molar-refractivity contribution in [2.45, 2.75) is 44.7 Å². The molecule has 1 aliphatic heterocycles. The number of hydrogen-bond acceptors (Lipinski definition) is 3. The highest BCUT2D eigenvalue weighted by Gasteiger charge is 2.22. The van der Waals surface area contributed by atoms with Gasteiger partial charge >= 0.3 is 6.03 Å². The number of urea groups is 1. The number of carbonyl (C=O) groups excluding carboxylic acids is 2. The first-order chi connectivity index (χ1) is 13.7. The zero-order valence-corrected chi connectivity index (χ0v) is 16.1. The number of fused-ring (bicyclic) bond motifs is 1. The van der Waals surface area contributed by atoms with Crippen molar-refractivity contribution in [1.82, 2.24) is 15.5 Å². The second-order valence-electron chi connectivity index (χ2n) is 7.80. The summed E-state index contributed by atoms with van der Waals surface area (Å²) in [4.78, 5) is 26.6. The Morgan fingerprint density at radius 1 is 0.964 bits per heavy atom. The normalized spacial score (nSPS) is 17.1. The molecule has 0 bridgehead atoms. The summed E-state index contributed by atoms with van der Waals surface area (Å²) in [6.45, 7) is 2.88. The van der Waals surface area contributed by atoms with Crippen LogP contribution >= 0.6 is 0 Å². The first kappa shape index (κ1) is 18.7. The van der Waals surface area contributed by atoms with Gasteiger partial charge in [0.1, 0.15) is 0 Å². The smallest absolute Gasteiger partial charge is 0.321 e. The summed E-state index contributed by atoms with van der Waals surface area (Å²) in [6.07, 6.45) is 5.52. The molecule has 1 heterocycles. The van der Waals surface area contributed by atoms with Crippen molar-refractivity contribution >= 4 is 11.9 Å². The van der Waals surface area contributed by atoms with Gasteiger partial charge in [-0.2, -0.15) is 0 Å². The minimum atomic E-state index is -0.411. The quantitative estimate of drug-likeness (QED) is 0.860. The van der Waals surface area contributed by atoms with Gasteiger partial charge in [-0.05, 0) is 60.9 Å². The first-order valence-corrected chi connectivity index (χ1v) is 10.2. The molecule has 1 fully saturated rings. The Balaban J connectivity index is 1.22. The average Bonchev–Trinajstić information content (AvgIpc) is 3.18. The molecule has 4 rings (SSSR count). The van der Waals surface area contributed by atoms with Crippen LogP contribution < -0.4 is 10.6 Å². The van der Waals surface area contributed by atoms with Crippen molar-refractivity contribution in [2.24, 2.45) is 0 Å². The number of aryl methyl sites for hydroxylation is 2.